The lowest BCUT2D eigenvalue weighted by atomic mass is 10.2. The smallest absolute Gasteiger partial charge is 0.267 e. The number of rotatable bonds is 4. The van der Waals surface area contributed by atoms with Crippen LogP contribution in [0.2, 0.25) is 0 Å². The highest BCUT2D eigenvalue weighted by Gasteiger charge is 2.29. The van der Waals surface area contributed by atoms with Gasteiger partial charge in [-0.1, -0.05) is 0 Å². The maximum Gasteiger partial charge on any atom is 0.267 e. The number of hydrogen-bond donors (Lipinski definition) is 1. The molecule has 2 atom stereocenters. The quantitative estimate of drug-likeness (QED) is 0.844. The van der Waals surface area contributed by atoms with Gasteiger partial charge in [-0.15, -0.1) is 0 Å². The molecule has 1 aromatic heterocycles. The van der Waals surface area contributed by atoms with Crippen molar-refractivity contribution < 1.29 is 14.3 Å². The number of aromatic nitrogens is 1. The lowest BCUT2D eigenvalue weighted by Crippen LogP contribution is -2.22. The van der Waals surface area contributed by atoms with Crippen molar-refractivity contribution in [2.45, 2.75) is 32.0 Å². The molecule has 1 aliphatic rings. The molecule has 1 fully saturated rings. The number of anilines is 1. The highest BCUT2D eigenvalue weighted by Crippen LogP contribution is 2.27. The molecule has 7 heteroatoms. The Kier molecular flexibility index (Phi) is 4.61. The van der Waals surface area contributed by atoms with Crippen molar-refractivity contribution in [2.75, 3.05) is 11.4 Å². The number of pyridine rings is 1. The number of hydrogen-bond acceptors (Lipinski definition) is 6. The average molecular weight is 295 g/mol. The molecule has 1 amide bonds. The van der Waals surface area contributed by atoms with Crippen LogP contribution in [0, 0.1) is 0 Å². The highest BCUT2D eigenvalue weighted by molar-refractivity contribution is 8.14. The van der Waals surface area contributed by atoms with E-state index in [1.54, 1.807) is 23.5 Å². The van der Waals surface area contributed by atoms with Crippen molar-refractivity contribution in [1.29, 1.82) is 0 Å². The summed E-state index contributed by atoms with van der Waals surface area (Å²) in [5.74, 6) is -0.593. The molecule has 2 heterocycles. The summed E-state index contributed by atoms with van der Waals surface area (Å²) in [4.78, 5) is 27.0. The molecule has 2 unspecified atom stereocenters. The number of primary amides is 1. The molecule has 2 rings (SSSR count). The Labute approximate surface area is 121 Å². The van der Waals surface area contributed by atoms with Crippen molar-refractivity contribution in [3.63, 3.8) is 0 Å². The highest BCUT2D eigenvalue weighted by atomic mass is 32.2. The van der Waals surface area contributed by atoms with Gasteiger partial charge >= 0.3 is 0 Å². The normalized spacial score (nSPS) is 21.7. The van der Waals surface area contributed by atoms with Crippen LogP contribution in [0.1, 0.15) is 30.3 Å². The van der Waals surface area contributed by atoms with Crippen LogP contribution < -0.4 is 10.0 Å². The van der Waals surface area contributed by atoms with E-state index in [0.717, 1.165) is 24.8 Å². The molecule has 0 spiro atoms. The fraction of sp³-hybridized carbons (Fsp3) is 0.462. The second kappa shape index (κ2) is 6.23. The van der Waals surface area contributed by atoms with Gasteiger partial charge < -0.3 is 14.8 Å². The zero-order valence-electron chi connectivity index (χ0n) is 11.4. The van der Waals surface area contributed by atoms with Crippen molar-refractivity contribution in [1.82, 2.24) is 4.98 Å². The lowest BCUT2D eigenvalue weighted by Gasteiger charge is -2.19. The zero-order valence-corrected chi connectivity index (χ0v) is 12.2. The Morgan fingerprint density at radius 2 is 2.25 bits per heavy atom. The predicted octanol–water partition coefficient (Wildman–Crippen LogP) is 1.36. The van der Waals surface area contributed by atoms with Crippen LogP contribution in [0.15, 0.2) is 18.3 Å². The van der Waals surface area contributed by atoms with E-state index in [1.807, 2.05) is 6.92 Å². The molecule has 1 aromatic rings. The summed E-state index contributed by atoms with van der Waals surface area (Å²) in [7, 11) is 1.75. The van der Waals surface area contributed by atoms with Gasteiger partial charge in [0.1, 0.15) is 11.8 Å². The third kappa shape index (κ3) is 3.49. The van der Waals surface area contributed by atoms with Crippen LogP contribution in [-0.4, -0.2) is 35.3 Å². The van der Waals surface area contributed by atoms with E-state index in [0.29, 0.717) is 5.69 Å². The number of nitrogens with zero attached hydrogens (tertiary/aromatic N) is 2. The van der Waals surface area contributed by atoms with Crippen LogP contribution in [0.4, 0.5) is 5.69 Å². The second-order valence-electron chi connectivity index (χ2n) is 4.68. The van der Waals surface area contributed by atoms with E-state index >= 15 is 0 Å². The predicted molar refractivity (Wildman–Crippen MR) is 77.3 cm³/mol. The first-order valence-corrected chi connectivity index (χ1v) is 7.11. The largest absolute Gasteiger partial charge is 0.366 e. The van der Waals surface area contributed by atoms with Gasteiger partial charge in [-0.2, -0.15) is 0 Å². The topological polar surface area (TPSA) is 85.5 Å². The van der Waals surface area contributed by atoms with Crippen molar-refractivity contribution in [3.05, 3.63) is 24.0 Å². The van der Waals surface area contributed by atoms with Gasteiger partial charge in [0.15, 0.2) is 0 Å². The summed E-state index contributed by atoms with van der Waals surface area (Å²) < 4.78 is 7.22. The number of nitrogens with two attached hydrogens (primary N) is 1. The Morgan fingerprint density at radius 3 is 2.85 bits per heavy atom. The van der Waals surface area contributed by atoms with Gasteiger partial charge in [0.2, 0.25) is 5.12 Å². The monoisotopic (exact) mass is 295 g/mol. The summed E-state index contributed by atoms with van der Waals surface area (Å²) in [6.07, 6.45) is 2.93. The Balaban J connectivity index is 2.01. The molecule has 6 nitrogen and oxygen atoms in total. The molecule has 1 saturated heterocycles. The molecule has 0 saturated carbocycles. The van der Waals surface area contributed by atoms with E-state index in [1.165, 1.54) is 6.20 Å². The number of carbonyl (C=O) groups excluding carboxylic acids is 2. The number of carbonyl (C=O) groups is 2. The minimum absolute atomic E-state index is 0.0331. The third-order valence-electron chi connectivity index (χ3n) is 3.08. The molecule has 0 aliphatic carbocycles. The van der Waals surface area contributed by atoms with E-state index < -0.39 is 5.91 Å². The fourth-order valence-electron chi connectivity index (χ4n) is 1.97. The molecule has 20 heavy (non-hydrogen) atoms. The summed E-state index contributed by atoms with van der Waals surface area (Å²) in [6, 6.07) is 3.27. The molecule has 2 N–H and O–H groups in total. The number of amides is 1. The molecule has 0 bridgehead atoms. The SMILES string of the molecule is CC1CCC(C(=O)SN(C)c2ccnc(C(N)=O)c2)O1. The standard InChI is InChI=1S/C13H17N3O3S/c1-8-3-4-11(19-8)13(18)20-16(2)9-5-6-15-10(7-9)12(14)17/h5-8,11H,3-4H2,1-2H3,(H2,14,17). The number of ether oxygens (including phenoxy) is 1. The summed E-state index contributed by atoms with van der Waals surface area (Å²) >= 11 is 1.06. The van der Waals surface area contributed by atoms with Crippen LogP contribution in [0.3, 0.4) is 0 Å². The van der Waals surface area contributed by atoms with Gasteiger partial charge in [0, 0.05) is 25.2 Å². The van der Waals surface area contributed by atoms with Crippen molar-refractivity contribution in [3.8, 4) is 0 Å². The molecule has 108 valence electrons. The second-order valence-corrected chi connectivity index (χ2v) is 5.82. The summed E-state index contributed by atoms with van der Waals surface area (Å²) in [6.45, 7) is 1.96. The van der Waals surface area contributed by atoms with Crippen LogP contribution in [0.5, 0.6) is 0 Å². The van der Waals surface area contributed by atoms with Crippen LogP contribution in [-0.2, 0) is 9.53 Å². The van der Waals surface area contributed by atoms with E-state index in [-0.39, 0.29) is 23.0 Å². The summed E-state index contributed by atoms with van der Waals surface area (Å²) in [5.41, 5.74) is 6.05. The van der Waals surface area contributed by atoms with Crippen molar-refractivity contribution in [2.24, 2.45) is 5.73 Å². The summed E-state index contributed by atoms with van der Waals surface area (Å²) in [5, 5.41) is -0.0331. The molecular formula is C13H17N3O3S. The fourth-order valence-corrected chi connectivity index (χ4v) is 2.75. The van der Waals surface area contributed by atoms with E-state index in [9.17, 15) is 9.59 Å². The van der Waals surface area contributed by atoms with Gasteiger partial charge in [-0.25, -0.2) is 0 Å². The molecule has 0 aromatic carbocycles. The van der Waals surface area contributed by atoms with Gasteiger partial charge in [0.25, 0.3) is 5.91 Å². The van der Waals surface area contributed by atoms with Crippen molar-refractivity contribution >= 4 is 28.7 Å². The Bertz CT molecular complexity index is 523. The first-order chi connectivity index (χ1) is 9.47. The Morgan fingerprint density at radius 1 is 1.50 bits per heavy atom. The van der Waals surface area contributed by atoms with Crippen LogP contribution in [0.25, 0.3) is 0 Å². The minimum atomic E-state index is -0.593. The first kappa shape index (κ1) is 14.8. The Hall–Kier alpha value is -1.60. The molecule has 1 aliphatic heterocycles. The molecular weight excluding hydrogens is 278 g/mol. The van der Waals surface area contributed by atoms with Gasteiger partial charge in [-0.05, 0) is 31.9 Å². The zero-order chi connectivity index (χ0) is 14.7. The van der Waals surface area contributed by atoms with Crippen LogP contribution >= 0.6 is 11.9 Å². The average Bonchev–Trinajstić information content (AvgIpc) is 2.85. The minimum Gasteiger partial charge on any atom is -0.366 e. The van der Waals surface area contributed by atoms with Gasteiger partial charge in [-0.3, -0.25) is 14.6 Å². The molecule has 0 radical (unpaired) electrons. The maximum absolute atomic E-state index is 12.1. The van der Waals surface area contributed by atoms with E-state index in [2.05, 4.69) is 4.98 Å². The van der Waals surface area contributed by atoms with Gasteiger partial charge in [0.05, 0.1) is 11.8 Å². The maximum atomic E-state index is 12.1. The third-order valence-corrected chi connectivity index (χ3v) is 4.01. The lowest BCUT2D eigenvalue weighted by molar-refractivity contribution is -0.120. The van der Waals surface area contributed by atoms with E-state index in [4.69, 9.17) is 10.5 Å². The first-order valence-electron chi connectivity index (χ1n) is 6.34.